The lowest BCUT2D eigenvalue weighted by molar-refractivity contribution is 0.0600. The summed E-state index contributed by atoms with van der Waals surface area (Å²) in [4.78, 5) is 15.6. The summed E-state index contributed by atoms with van der Waals surface area (Å²) in [6, 6.07) is 9.16. The van der Waals surface area contributed by atoms with Gasteiger partial charge in [-0.15, -0.1) is 0 Å². The van der Waals surface area contributed by atoms with E-state index >= 15 is 0 Å². The zero-order valence-corrected chi connectivity index (χ0v) is 15.8. The van der Waals surface area contributed by atoms with Crippen LogP contribution in [0.4, 0.5) is 0 Å². The number of benzene rings is 1. The van der Waals surface area contributed by atoms with Crippen LogP contribution in [0.2, 0.25) is 0 Å². The van der Waals surface area contributed by atoms with E-state index in [0.717, 1.165) is 16.5 Å². The molecule has 1 atom stereocenters. The van der Waals surface area contributed by atoms with Crippen molar-refractivity contribution in [2.24, 2.45) is 7.05 Å². The normalized spacial score (nSPS) is 12.4. The first-order valence-electron chi connectivity index (χ1n) is 8.28. The Morgan fingerprint density at radius 2 is 2.11 bits per heavy atom. The minimum Gasteiger partial charge on any atom is -0.465 e. The van der Waals surface area contributed by atoms with Gasteiger partial charge in [0, 0.05) is 25.2 Å². The highest BCUT2D eigenvalue weighted by molar-refractivity contribution is 7.76. The molecular formula is C18H20N4O4S. The first-order chi connectivity index (χ1) is 13.0. The Morgan fingerprint density at radius 3 is 2.78 bits per heavy atom. The van der Waals surface area contributed by atoms with Crippen LogP contribution in [0.1, 0.15) is 21.6 Å². The molecule has 3 aromatic rings. The van der Waals surface area contributed by atoms with Crippen LogP contribution >= 0.6 is 0 Å². The van der Waals surface area contributed by atoms with Gasteiger partial charge in [-0.1, -0.05) is 18.2 Å². The van der Waals surface area contributed by atoms with Gasteiger partial charge in [-0.2, -0.15) is 9.40 Å². The van der Waals surface area contributed by atoms with Crippen LogP contribution in [0.3, 0.4) is 0 Å². The molecule has 0 bridgehead atoms. The maximum absolute atomic E-state index is 11.7. The maximum Gasteiger partial charge on any atom is 0.339 e. The topological polar surface area (TPSA) is 97.6 Å². The second kappa shape index (κ2) is 8.38. The number of nitrogens with zero attached hydrogens (tertiary/aromatic N) is 4. The maximum atomic E-state index is 11.7. The molecule has 1 unspecified atom stereocenters. The van der Waals surface area contributed by atoms with Crippen molar-refractivity contribution in [3.8, 4) is 0 Å². The Kier molecular flexibility index (Phi) is 5.94. The summed E-state index contributed by atoms with van der Waals surface area (Å²) in [5.41, 5.74) is 2.99. The average molecular weight is 388 g/mol. The lowest BCUT2D eigenvalue weighted by atomic mass is 10.1. The molecule has 0 aliphatic carbocycles. The van der Waals surface area contributed by atoms with E-state index in [-0.39, 0.29) is 6.54 Å². The first-order valence-corrected chi connectivity index (χ1v) is 9.34. The SMILES string of the molecule is COC(=O)c1ccc(CN(CCc2cccc3cnn(C)c23)S(=O)O)nc1. The Labute approximate surface area is 159 Å². The fourth-order valence-electron chi connectivity index (χ4n) is 2.91. The van der Waals surface area contributed by atoms with E-state index in [2.05, 4.69) is 14.8 Å². The van der Waals surface area contributed by atoms with Gasteiger partial charge in [0.2, 0.25) is 11.3 Å². The summed E-state index contributed by atoms with van der Waals surface area (Å²) < 4.78 is 29.2. The third-order valence-electron chi connectivity index (χ3n) is 4.28. The molecule has 0 aliphatic rings. The molecule has 9 heteroatoms. The number of para-hydroxylation sites is 1. The molecule has 0 saturated carbocycles. The molecular weight excluding hydrogens is 368 g/mol. The largest absolute Gasteiger partial charge is 0.465 e. The molecule has 8 nitrogen and oxygen atoms in total. The molecule has 27 heavy (non-hydrogen) atoms. The Hall–Kier alpha value is -2.62. The number of aryl methyl sites for hydroxylation is 1. The number of esters is 1. The van der Waals surface area contributed by atoms with Crippen LogP contribution in [-0.4, -0.2) is 47.5 Å². The minimum absolute atomic E-state index is 0.186. The smallest absolute Gasteiger partial charge is 0.339 e. The van der Waals surface area contributed by atoms with Crippen molar-refractivity contribution in [1.82, 2.24) is 19.1 Å². The van der Waals surface area contributed by atoms with Crippen molar-refractivity contribution in [1.29, 1.82) is 0 Å². The van der Waals surface area contributed by atoms with Crippen molar-refractivity contribution in [2.45, 2.75) is 13.0 Å². The van der Waals surface area contributed by atoms with Crippen LogP contribution in [0, 0.1) is 0 Å². The van der Waals surface area contributed by atoms with Gasteiger partial charge in [-0.05, 0) is 24.1 Å². The van der Waals surface area contributed by atoms with Gasteiger partial charge in [0.1, 0.15) is 0 Å². The summed E-state index contributed by atoms with van der Waals surface area (Å²) in [7, 11) is 3.18. The summed E-state index contributed by atoms with van der Waals surface area (Å²) in [5, 5.41) is 5.30. The number of methoxy groups -OCH3 is 1. The van der Waals surface area contributed by atoms with Gasteiger partial charge < -0.3 is 4.74 Å². The van der Waals surface area contributed by atoms with Gasteiger partial charge in [0.15, 0.2) is 0 Å². The van der Waals surface area contributed by atoms with Gasteiger partial charge in [-0.25, -0.2) is 9.00 Å². The third kappa shape index (κ3) is 4.38. The molecule has 2 aromatic heterocycles. The molecule has 0 amide bonds. The number of pyridine rings is 1. The molecule has 1 N–H and O–H groups in total. The predicted octanol–water partition coefficient (Wildman–Crippen LogP) is 1.94. The fraction of sp³-hybridized carbons (Fsp3) is 0.278. The molecule has 142 valence electrons. The van der Waals surface area contributed by atoms with Crippen molar-refractivity contribution < 1.29 is 18.3 Å². The van der Waals surface area contributed by atoms with E-state index in [1.807, 2.05) is 25.2 Å². The van der Waals surface area contributed by atoms with Crippen molar-refractivity contribution in [3.05, 3.63) is 59.5 Å². The Balaban J connectivity index is 1.72. The number of aromatic nitrogens is 3. The number of carbonyl (C=O) groups excluding carboxylic acids is 1. The number of rotatable bonds is 7. The zero-order chi connectivity index (χ0) is 19.4. The van der Waals surface area contributed by atoms with Gasteiger partial charge in [0.25, 0.3) is 0 Å². The summed E-state index contributed by atoms with van der Waals surface area (Å²) in [6.07, 6.45) is 3.78. The molecule has 2 heterocycles. The predicted molar refractivity (Wildman–Crippen MR) is 101 cm³/mol. The van der Waals surface area contributed by atoms with Gasteiger partial charge in [-0.3, -0.25) is 14.2 Å². The quantitative estimate of drug-likeness (QED) is 0.491. The molecule has 0 radical (unpaired) electrons. The average Bonchev–Trinajstić information content (AvgIpc) is 3.06. The summed E-state index contributed by atoms with van der Waals surface area (Å²) in [5.74, 6) is -0.471. The highest BCUT2D eigenvalue weighted by Gasteiger charge is 2.15. The summed E-state index contributed by atoms with van der Waals surface area (Å²) >= 11 is -2.14. The van der Waals surface area contributed by atoms with Crippen LogP contribution in [-0.2, 0) is 36.0 Å². The van der Waals surface area contributed by atoms with Gasteiger partial charge >= 0.3 is 5.97 Å². The number of ether oxygens (including phenoxy) is 1. The number of hydrogen-bond acceptors (Lipinski definition) is 5. The van der Waals surface area contributed by atoms with Crippen LogP contribution in [0.25, 0.3) is 10.9 Å². The lowest BCUT2D eigenvalue weighted by Crippen LogP contribution is -2.28. The van der Waals surface area contributed by atoms with E-state index in [9.17, 15) is 13.6 Å². The van der Waals surface area contributed by atoms with Crippen molar-refractivity contribution in [2.75, 3.05) is 13.7 Å². The standard InChI is InChI=1S/C18H20N4O4S/c1-21-17-13(4-3-5-14(17)11-20-21)8-9-22(27(24)25)12-16-7-6-15(10-19-16)18(23)26-2/h3-7,10-11H,8-9,12H2,1-2H3,(H,24,25). The number of fused-ring (bicyclic) bond motifs is 1. The lowest BCUT2D eigenvalue weighted by Gasteiger charge is -2.17. The molecule has 0 aliphatic heterocycles. The Bertz CT molecular complexity index is 971. The zero-order valence-electron chi connectivity index (χ0n) is 15.0. The second-order valence-corrected chi connectivity index (χ2v) is 6.98. The number of carbonyl (C=O) groups is 1. The Morgan fingerprint density at radius 1 is 1.30 bits per heavy atom. The highest BCUT2D eigenvalue weighted by atomic mass is 32.2. The van der Waals surface area contributed by atoms with E-state index in [0.29, 0.717) is 24.2 Å². The van der Waals surface area contributed by atoms with Crippen LogP contribution in [0.15, 0.2) is 42.7 Å². The van der Waals surface area contributed by atoms with Crippen molar-refractivity contribution in [3.63, 3.8) is 0 Å². The minimum atomic E-state index is -2.14. The van der Waals surface area contributed by atoms with Crippen molar-refractivity contribution >= 4 is 28.1 Å². The number of hydrogen-bond donors (Lipinski definition) is 1. The monoisotopic (exact) mass is 388 g/mol. The first kappa shape index (κ1) is 19.2. The second-order valence-electron chi connectivity index (χ2n) is 6.00. The molecule has 3 rings (SSSR count). The van der Waals surface area contributed by atoms with E-state index < -0.39 is 17.2 Å². The highest BCUT2D eigenvalue weighted by Crippen LogP contribution is 2.19. The van der Waals surface area contributed by atoms with Gasteiger partial charge in [0.05, 0.1) is 36.6 Å². The van der Waals surface area contributed by atoms with E-state index in [4.69, 9.17) is 0 Å². The molecule has 0 saturated heterocycles. The van der Waals surface area contributed by atoms with E-state index in [1.165, 1.54) is 17.6 Å². The molecule has 1 aromatic carbocycles. The van der Waals surface area contributed by atoms with E-state index in [1.54, 1.807) is 23.0 Å². The summed E-state index contributed by atoms with van der Waals surface area (Å²) in [6.45, 7) is 0.555. The third-order valence-corrected chi connectivity index (χ3v) is 5.03. The fourth-order valence-corrected chi connectivity index (χ4v) is 3.40. The van der Waals surface area contributed by atoms with Crippen LogP contribution < -0.4 is 0 Å². The molecule has 0 spiro atoms. The molecule has 0 fully saturated rings. The van der Waals surface area contributed by atoms with Crippen LogP contribution in [0.5, 0.6) is 0 Å².